The van der Waals surface area contributed by atoms with Crippen LogP contribution in [-0.2, 0) is 9.59 Å². The Hall–Kier alpha value is -1.84. The molecule has 102 valence electrons. The van der Waals surface area contributed by atoms with Crippen LogP contribution in [0.3, 0.4) is 0 Å². The summed E-state index contributed by atoms with van der Waals surface area (Å²) in [6.45, 7) is 0. The molecule has 1 aromatic rings. The zero-order chi connectivity index (χ0) is 13.5. The normalized spacial score (nSPS) is 16.4. The highest BCUT2D eigenvalue weighted by Crippen LogP contribution is 2.17. The predicted octanol–water partition coefficient (Wildman–Crippen LogP) is 2.46. The summed E-state index contributed by atoms with van der Waals surface area (Å²) in [5.41, 5.74) is 0.642. The van der Waals surface area contributed by atoms with Crippen LogP contribution in [0, 0.1) is 0 Å². The number of benzene rings is 1. The third-order valence-electron chi connectivity index (χ3n) is 3.43. The lowest BCUT2D eigenvalue weighted by Gasteiger charge is -2.15. The summed E-state index contributed by atoms with van der Waals surface area (Å²) in [5.74, 6) is -1.12. The summed E-state index contributed by atoms with van der Waals surface area (Å²) >= 11 is 0. The van der Waals surface area contributed by atoms with Gasteiger partial charge in [0.25, 0.3) is 0 Å². The fourth-order valence-corrected chi connectivity index (χ4v) is 2.38. The van der Waals surface area contributed by atoms with Crippen LogP contribution in [0.2, 0.25) is 0 Å². The summed E-state index contributed by atoms with van der Waals surface area (Å²) in [5, 5.41) is 5.42. The number of hydrogen-bond acceptors (Lipinski definition) is 2. The maximum atomic E-state index is 11.8. The molecule has 0 aromatic heterocycles. The molecule has 0 unspecified atom stereocenters. The quantitative estimate of drug-likeness (QED) is 0.634. The number of amides is 2. The molecule has 2 rings (SSSR count). The third kappa shape index (κ3) is 4.39. The molecular formula is C15H20N2O2. The predicted molar refractivity (Wildman–Crippen MR) is 74.7 cm³/mol. The highest BCUT2D eigenvalue weighted by atomic mass is 16.2. The summed E-state index contributed by atoms with van der Waals surface area (Å²) in [6, 6.07) is 9.17. The van der Waals surface area contributed by atoms with Crippen molar-refractivity contribution in [1.29, 1.82) is 0 Å². The van der Waals surface area contributed by atoms with Gasteiger partial charge in [-0.15, -0.1) is 0 Å². The van der Waals surface area contributed by atoms with Gasteiger partial charge in [-0.3, -0.25) is 9.59 Å². The van der Waals surface area contributed by atoms with E-state index in [-0.39, 0.29) is 6.04 Å². The van der Waals surface area contributed by atoms with Gasteiger partial charge in [0.05, 0.1) is 0 Å². The second-order valence-electron chi connectivity index (χ2n) is 4.98. The van der Waals surface area contributed by atoms with Crippen LogP contribution in [0.5, 0.6) is 0 Å². The molecule has 1 fully saturated rings. The van der Waals surface area contributed by atoms with Crippen molar-refractivity contribution in [3.8, 4) is 0 Å². The molecule has 1 saturated carbocycles. The summed E-state index contributed by atoms with van der Waals surface area (Å²) in [6.07, 6.45) is 6.66. The van der Waals surface area contributed by atoms with Crippen LogP contribution in [0.15, 0.2) is 30.3 Å². The number of rotatable bonds is 2. The molecule has 0 spiro atoms. The van der Waals surface area contributed by atoms with Gasteiger partial charge in [-0.1, -0.05) is 43.9 Å². The van der Waals surface area contributed by atoms with Gasteiger partial charge in [-0.2, -0.15) is 0 Å². The minimum Gasteiger partial charge on any atom is -0.345 e. The van der Waals surface area contributed by atoms with E-state index in [9.17, 15) is 9.59 Å². The van der Waals surface area contributed by atoms with Gasteiger partial charge in [-0.25, -0.2) is 0 Å². The lowest BCUT2D eigenvalue weighted by atomic mass is 10.1. The van der Waals surface area contributed by atoms with Crippen molar-refractivity contribution >= 4 is 17.5 Å². The van der Waals surface area contributed by atoms with E-state index in [1.165, 1.54) is 12.8 Å². The highest BCUT2D eigenvalue weighted by Gasteiger charge is 2.19. The van der Waals surface area contributed by atoms with Crippen molar-refractivity contribution in [2.24, 2.45) is 0 Å². The molecule has 4 nitrogen and oxygen atoms in total. The Morgan fingerprint density at radius 2 is 1.53 bits per heavy atom. The Bertz CT molecular complexity index is 423. The Morgan fingerprint density at radius 1 is 0.895 bits per heavy atom. The number of hydrogen-bond donors (Lipinski definition) is 2. The molecule has 0 bridgehead atoms. The smallest absolute Gasteiger partial charge is 0.313 e. The Kier molecular flexibility index (Phi) is 4.95. The summed E-state index contributed by atoms with van der Waals surface area (Å²) in [4.78, 5) is 23.6. The average molecular weight is 260 g/mol. The zero-order valence-electron chi connectivity index (χ0n) is 11.0. The average Bonchev–Trinajstić information content (AvgIpc) is 2.68. The number of para-hydroxylation sites is 1. The van der Waals surface area contributed by atoms with E-state index in [0.717, 1.165) is 25.7 Å². The van der Waals surface area contributed by atoms with Gasteiger partial charge in [0.2, 0.25) is 0 Å². The molecular weight excluding hydrogens is 240 g/mol. The second-order valence-corrected chi connectivity index (χ2v) is 4.98. The first-order valence-corrected chi connectivity index (χ1v) is 6.92. The minimum absolute atomic E-state index is 0.150. The summed E-state index contributed by atoms with van der Waals surface area (Å²) < 4.78 is 0. The first-order valence-electron chi connectivity index (χ1n) is 6.92. The molecule has 0 atom stereocenters. The van der Waals surface area contributed by atoms with E-state index in [0.29, 0.717) is 5.69 Å². The SMILES string of the molecule is O=C(Nc1ccccc1)C(=O)NC1CCCCCC1. The van der Waals surface area contributed by atoms with E-state index in [1.807, 2.05) is 18.2 Å². The van der Waals surface area contributed by atoms with Crippen LogP contribution in [0.25, 0.3) is 0 Å². The standard InChI is InChI=1S/C15H20N2O2/c18-14(16-12-8-4-1-2-5-9-12)15(19)17-13-10-6-3-7-11-13/h3,6-7,10-12H,1-2,4-5,8-9H2,(H,16,18)(H,17,19). The van der Waals surface area contributed by atoms with Crippen molar-refractivity contribution in [1.82, 2.24) is 5.32 Å². The maximum absolute atomic E-state index is 11.8. The van der Waals surface area contributed by atoms with Crippen molar-refractivity contribution in [3.63, 3.8) is 0 Å². The maximum Gasteiger partial charge on any atom is 0.313 e. The molecule has 1 aliphatic carbocycles. The van der Waals surface area contributed by atoms with Gasteiger partial charge in [0.1, 0.15) is 0 Å². The van der Waals surface area contributed by atoms with Gasteiger partial charge in [0, 0.05) is 11.7 Å². The molecule has 0 saturated heterocycles. The second kappa shape index (κ2) is 6.92. The zero-order valence-corrected chi connectivity index (χ0v) is 11.0. The van der Waals surface area contributed by atoms with Crippen LogP contribution in [0.1, 0.15) is 38.5 Å². The monoisotopic (exact) mass is 260 g/mol. The fourth-order valence-electron chi connectivity index (χ4n) is 2.38. The molecule has 0 aliphatic heterocycles. The van der Waals surface area contributed by atoms with Crippen molar-refractivity contribution < 1.29 is 9.59 Å². The van der Waals surface area contributed by atoms with Crippen LogP contribution < -0.4 is 10.6 Å². The highest BCUT2D eigenvalue weighted by molar-refractivity contribution is 6.39. The van der Waals surface area contributed by atoms with Crippen LogP contribution in [-0.4, -0.2) is 17.9 Å². The van der Waals surface area contributed by atoms with E-state index < -0.39 is 11.8 Å². The van der Waals surface area contributed by atoms with E-state index in [4.69, 9.17) is 0 Å². The number of anilines is 1. The van der Waals surface area contributed by atoms with Crippen molar-refractivity contribution in [2.75, 3.05) is 5.32 Å². The Morgan fingerprint density at radius 3 is 2.16 bits per heavy atom. The molecule has 4 heteroatoms. The van der Waals surface area contributed by atoms with E-state index in [2.05, 4.69) is 10.6 Å². The number of carbonyl (C=O) groups is 2. The van der Waals surface area contributed by atoms with Gasteiger partial charge in [-0.05, 0) is 25.0 Å². The lowest BCUT2D eigenvalue weighted by molar-refractivity contribution is -0.136. The largest absolute Gasteiger partial charge is 0.345 e. The molecule has 1 aromatic carbocycles. The lowest BCUT2D eigenvalue weighted by Crippen LogP contribution is -2.41. The fraction of sp³-hybridized carbons (Fsp3) is 0.467. The Labute approximate surface area is 113 Å². The topological polar surface area (TPSA) is 58.2 Å². The molecule has 1 aliphatic rings. The van der Waals surface area contributed by atoms with Gasteiger partial charge >= 0.3 is 11.8 Å². The van der Waals surface area contributed by atoms with Gasteiger partial charge in [0.15, 0.2) is 0 Å². The molecule has 2 amide bonds. The van der Waals surface area contributed by atoms with Crippen molar-refractivity contribution in [2.45, 2.75) is 44.6 Å². The van der Waals surface area contributed by atoms with Crippen LogP contribution >= 0.6 is 0 Å². The van der Waals surface area contributed by atoms with E-state index >= 15 is 0 Å². The number of nitrogens with one attached hydrogen (secondary N) is 2. The Balaban J connectivity index is 1.83. The van der Waals surface area contributed by atoms with E-state index in [1.54, 1.807) is 12.1 Å². The third-order valence-corrected chi connectivity index (χ3v) is 3.43. The first-order chi connectivity index (χ1) is 9.25. The minimum atomic E-state index is -0.588. The van der Waals surface area contributed by atoms with Crippen molar-refractivity contribution in [3.05, 3.63) is 30.3 Å². The molecule has 0 radical (unpaired) electrons. The molecule has 0 heterocycles. The van der Waals surface area contributed by atoms with Gasteiger partial charge < -0.3 is 10.6 Å². The van der Waals surface area contributed by atoms with Crippen LogP contribution in [0.4, 0.5) is 5.69 Å². The summed E-state index contributed by atoms with van der Waals surface area (Å²) in [7, 11) is 0. The first kappa shape index (κ1) is 13.6. The molecule has 2 N–H and O–H groups in total. The molecule has 19 heavy (non-hydrogen) atoms. The number of carbonyl (C=O) groups excluding carboxylic acids is 2.